The van der Waals surface area contributed by atoms with Gasteiger partial charge in [0.25, 0.3) is 0 Å². The van der Waals surface area contributed by atoms with Crippen molar-refractivity contribution >= 4 is 21.9 Å². The Hall–Kier alpha value is -0.940. The van der Waals surface area contributed by atoms with E-state index < -0.39 is 11.9 Å². The Bertz CT molecular complexity index is 507. The molecule has 1 fully saturated rings. The monoisotopic (exact) mass is 343 g/mol. The van der Waals surface area contributed by atoms with E-state index in [-0.39, 0.29) is 17.3 Å². The number of aliphatic carboxylic acids is 1. The van der Waals surface area contributed by atoms with Gasteiger partial charge in [-0.2, -0.15) is 0 Å². The Balaban J connectivity index is 2.41. The van der Waals surface area contributed by atoms with E-state index in [0.29, 0.717) is 23.1 Å². The van der Waals surface area contributed by atoms with Crippen molar-refractivity contribution in [2.75, 3.05) is 13.1 Å². The zero-order chi connectivity index (χ0) is 15.1. The van der Waals surface area contributed by atoms with E-state index in [1.54, 1.807) is 12.1 Å². The molecule has 0 aromatic heterocycles. The van der Waals surface area contributed by atoms with Crippen molar-refractivity contribution in [1.29, 1.82) is 0 Å². The summed E-state index contributed by atoms with van der Waals surface area (Å²) in [5, 5.41) is 9.45. The molecule has 0 unspecified atom stereocenters. The van der Waals surface area contributed by atoms with E-state index in [9.17, 15) is 14.3 Å². The van der Waals surface area contributed by atoms with Crippen molar-refractivity contribution in [3.63, 3.8) is 0 Å². The third-order valence-corrected chi connectivity index (χ3v) is 4.65. The lowest BCUT2D eigenvalue weighted by Crippen LogP contribution is -2.40. The number of halogens is 2. The van der Waals surface area contributed by atoms with Crippen LogP contribution in [0.1, 0.15) is 32.3 Å². The van der Waals surface area contributed by atoms with Crippen LogP contribution in [0.2, 0.25) is 0 Å². The molecule has 0 radical (unpaired) electrons. The molecule has 0 aliphatic carbocycles. The molecule has 1 saturated heterocycles. The highest BCUT2D eigenvalue weighted by molar-refractivity contribution is 9.10. The first-order valence-corrected chi connectivity index (χ1v) is 7.43. The van der Waals surface area contributed by atoms with Gasteiger partial charge < -0.3 is 5.11 Å². The first-order chi connectivity index (χ1) is 9.21. The van der Waals surface area contributed by atoms with Crippen LogP contribution in [0.25, 0.3) is 0 Å². The van der Waals surface area contributed by atoms with Gasteiger partial charge in [0.2, 0.25) is 0 Å². The second-order valence-electron chi connectivity index (χ2n) is 6.26. The van der Waals surface area contributed by atoms with Crippen LogP contribution < -0.4 is 0 Å². The summed E-state index contributed by atoms with van der Waals surface area (Å²) in [6.45, 7) is 7.14. The normalized spacial score (nSPS) is 24.1. The molecule has 110 valence electrons. The standard InChI is InChI=1S/C15H19BrFNO2/c1-15(2,3)18-7-9(10(8-18)14(19)20)13-11(16)5-4-6-12(13)17/h4-6,9-10H,7-8H2,1-3H3,(H,19,20)/t9-,10-/m0/s1. The lowest BCUT2D eigenvalue weighted by Gasteiger charge is -2.31. The average Bonchev–Trinajstić information content (AvgIpc) is 2.73. The zero-order valence-corrected chi connectivity index (χ0v) is 13.4. The fourth-order valence-electron chi connectivity index (χ4n) is 2.76. The Kier molecular flexibility index (Phi) is 4.21. The molecule has 2 rings (SSSR count). The molecule has 20 heavy (non-hydrogen) atoms. The summed E-state index contributed by atoms with van der Waals surface area (Å²) in [5.74, 6) is -2.12. The van der Waals surface area contributed by atoms with Gasteiger partial charge in [-0.25, -0.2) is 4.39 Å². The minimum atomic E-state index is -0.864. The van der Waals surface area contributed by atoms with Crippen molar-refractivity contribution < 1.29 is 14.3 Å². The molecule has 1 N–H and O–H groups in total. The van der Waals surface area contributed by atoms with Crippen LogP contribution in [0.5, 0.6) is 0 Å². The summed E-state index contributed by atoms with van der Waals surface area (Å²) in [6, 6.07) is 4.77. The predicted molar refractivity (Wildman–Crippen MR) is 79.3 cm³/mol. The van der Waals surface area contributed by atoms with Crippen LogP contribution in [0.15, 0.2) is 22.7 Å². The Morgan fingerprint density at radius 2 is 2.05 bits per heavy atom. The summed E-state index contributed by atoms with van der Waals surface area (Å²) < 4.78 is 14.8. The molecule has 1 aromatic rings. The third kappa shape index (κ3) is 2.88. The van der Waals surface area contributed by atoms with Gasteiger partial charge in [0, 0.05) is 34.6 Å². The minimum absolute atomic E-state index is 0.125. The van der Waals surface area contributed by atoms with Gasteiger partial charge >= 0.3 is 5.97 Å². The number of hydrogen-bond donors (Lipinski definition) is 1. The zero-order valence-electron chi connectivity index (χ0n) is 11.9. The number of carboxylic acids is 1. The van der Waals surface area contributed by atoms with Crippen LogP contribution in [-0.4, -0.2) is 34.6 Å². The van der Waals surface area contributed by atoms with Gasteiger partial charge in [-0.1, -0.05) is 22.0 Å². The first kappa shape index (κ1) is 15.4. The number of rotatable bonds is 2. The summed E-state index contributed by atoms with van der Waals surface area (Å²) in [7, 11) is 0. The van der Waals surface area contributed by atoms with Crippen LogP contribution >= 0.6 is 15.9 Å². The smallest absolute Gasteiger partial charge is 0.308 e. The van der Waals surface area contributed by atoms with Crippen molar-refractivity contribution in [3.8, 4) is 0 Å². The van der Waals surface area contributed by atoms with E-state index in [2.05, 4.69) is 20.8 Å². The molecule has 1 heterocycles. The van der Waals surface area contributed by atoms with Gasteiger partial charge in [0.1, 0.15) is 5.82 Å². The van der Waals surface area contributed by atoms with E-state index in [0.717, 1.165) is 0 Å². The molecule has 0 amide bonds. The largest absolute Gasteiger partial charge is 0.481 e. The highest BCUT2D eigenvalue weighted by Gasteiger charge is 2.43. The number of nitrogens with zero attached hydrogens (tertiary/aromatic N) is 1. The quantitative estimate of drug-likeness (QED) is 0.893. The van der Waals surface area contributed by atoms with Crippen molar-refractivity contribution in [2.45, 2.75) is 32.2 Å². The topological polar surface area (TPSA) is 40.5 Å². The van der Waals surface area contributed by atoms with E-state index in [4.69, 9.17) is 0 Å². The molecule has 1 aromatic carbocycles. The summed E-state index contributed by atoms with van der Waals surface area (Å²) in [4.78, 5) is 13.6. The molecule has 0 spiro atoms. The fourth-order valence-corrected chi connectivity index (χ4v) is 3.40. The summed E-state index contributed by atoms with van der Waals surface area (Å²) in [6.07, 6.45) is 0. The van der Waals surface area contributed by atoms with Gasteiger partial charge in [-0.05, 0) is 32.9 Å². The molecule has 0 saturated carbocycles. The van der Waals surface area contributed by atoms with Crippen LogP contribution in [0.3, 0.4) is 0 Å². The number of likely N-dealkylation sites (tertiary alicyclic amines) is 1. The lowest BCUT2D eigenvalue weighted by molar-refractivity contribution is -0.141. The maximum Gasteiger partial charge on any atom is 0.308 e. The average molecular weight is 344 g/mol. The number of carbonyl (C=O) groups is 1. The number of carboxylic acid groups (broad SMARTS) is 1. The number of benzene rings is 1. The molecule has 1 aliphatic heterocycles. The molecule has 5 heteroatoms. The van der Waals surface area contributed by atoms with Gasteiger partial charge in [-0.3, -0.25) is 9.69 Å². The minimum Gasteiger partial charge on any atom is -0.481 e. The maximum absolute atomic E-state index is 14.1. The Labute approximate surface area is 126 Å². The van der Waals surface area contributed by atoms with Crippen LogP contribution in [0.4, 0.5) is 4.39 Å². The highest BCUT2D eigenvalue weighted by Crippen LogP contribution is 2.40. The van der Waals surface area contributed by atoms with E-state index in [1.165, 1.54) is 6.07 Å². The second-order valence-corrected chi connectivity index (χ2v) is 7.12. The fraction of sp³-hybridized carbons (Fsp3) is 0.533. The number of hydrogen-bond acceptors (Lipinski definition) is 2. The molecule has 3 nitrogen and oxygen atoms in total. The molecule has 0 bridgehead atoms. The Morgan fingerprint density at radius 3 is 2.55 bits per heavy atom. The van der Waals surface area contributed by atoms with Crippen LogP contribution in [-0.2, 0) is 4.79 Å². The third-order valence-electron chi connectivity index (χ3n) is 3.96. The van der Waals surface area contributed by atoms with E-state index in [1.807, 2.05) is 20.8 Å². The SMILES string of the molecule is CC(C)(C)N1C[C@H](C(=O)O)[C@@H](c2c(F)cccc2Br)C1. The Morgan fingerprint density at radius 1 is 1.40 bits per heavy atom. The molecular weight excluding hydrogens is 325 g/mol. The van der Waals surface area contributed by atoms with Crippen molar-refractivity contribution in [1.82, 2.24) is 4.90 Å². The predicted octanol–water partition coefficient (Wildman–Crippen LogP) is 3.49. The van der Waals surface area contributed by atoms with Crippen molar-refractivity contribution in [2.24, 2.45) is 5.92 Å². The van der Waals surface area contributed by atoms with E-state index >= 15 is 0 Å². The van der Waals surface area contributed by atoms with Crippen LogP contribution in [0, 0.1) is 11.7 Å². The van der Waals surface area contributed by atoms with Gasteiger partial charge in [0.15, 0.2) is 0 Å². The van der Waals surface area contributed by atoms with Gasteiger partial charge in [-0.15, -0.1) is 0 Å². The molecular formula is C15H19BrFNO2. The second kappa shape index (κ2) is 5.45. The summed E-state index contributed by atoms with van der Waals surface area (Å²) in [5.41, 5.74) is 0.354. The van der Waals surface area contributed by atoms with Gasteiger partial charge in [0.05, 0.1) is 5.92 Å². The lowest BCUT2D eigenvalue weighted by atomic mass is 9.89. The maximum atomic E-state index is 14.1. The highest BCUT2D eigenvalue weighted by atomic mass is 79.9. The molecule has 2 atom stereocenters. The van der Waals surface area contributed by atoms with Crippen molar-refractivity contribution in [3.05, 3.63) is 34.1 Å². The summed E-state index contributed by atoms with van der Waals surface area (Å²) >= 11 is 3.35. The molecule has 1 aliphatic rings. The first-order valence-electron chi connectivity index (χ1n) is 6.63.